The molecule has 3 N–H and O–H groups in total. The summed E-state index contributed by atoms with van der Waals surface area (Å²) in [5.41, 5.74) is 2.59. The lowest BCUT2D eigenvalue weighted by atomic mass is 9.54. The van der Waals surface area contributed by atoms with E-state index in [2.05, 4.69) is 39.8 Å². The molecule has 1 unspecified atom stereocenters. The second-order valence-corrected chi connectivity index (χ2v) is 11.9. The van der Waals surface area contributed by atoms with Crippen LogP contribution in [0.15, 0.2) is 34.4 Å². The van der Waals surface area contributed by atoms with E-state index in [-0.39, 0.29) is 18.6 Å². The lowest BCUT2D eigenvalue weighted by molar-refractivity contribution is -0.116. The van der Waals surface area contributed by atoms with Gasteiger partial charge in [-0.25, -0.2) is 0 Å². The summed E-state index contributed by atoms with van der Waals surface area (Å²) in [5.74, 6) is 0.0323. The molecule has 0 radical (unpaired) electrons. The average molecular weight is 491 g/mol. The lowest BCUT2D eigenvalue weighted by Crippen LogP contribution is -2.53. The molecule has 6 atom stereocenters. The molecule has 0 bridgehead atoms. The predicted octanol–water partition coefficient (Wildman–Crippen LogP) is 5.82. The van der Waals surface area contributed by atoms with Crippen LogP contribution in [0, 0.1) is 11.3 Å². The maximum absolute atomic E-state index is 11.6. The van der Waals surface area contributed by atoms with Crippen LogP contribution >= 0.6 is 0 Å². The number of hydrogen-bond acceptors (Lipinski definition) is 5. The summed E-state index contributed by atoms with van der Waals surface area (Å²) in [6.45, 7) is 14.3. The standard InChI is InChI=1S/C30H50O5/c1-21(2)10-8-11-22(3)13-14-26(33)30(7)27(35-30)16-17-28(5)25(12-9-19-31)24(23(4)20-32)15-18-29(28,6)34/h10,13,20,25-27,31,33-34H,8-9,11-12,14-19H2,1-7H3/b22-13+,24-23-/t25?,26-,27-,28+,29+,30-/m1/s1. The van der Waals surface area contributed by atoms with E-state index in [1.165, 1.54) is 11.1 Å². The van der Waals surface area contributed by atoms with Crippen LogP contribution in [0.25, 0.3) is 0 Å². The summed E-state index contributed by atoms with van der Waals surface area (Å²) >= 11 is 0. The van der Waals surface area contributed by atoms with Crippen molar-refractivity contribution in [3.05, 3.63) is 34.4 Å². The Hall–Kier alpha value is -1.27. The summed E-state index contributed by atoms with van der Waals surface area (Å²) < 4.78 is 6.05. The van der Waals surface area contributed by atoms with Crippen LogP contribution in [0.5, 0.6) is 0 Å². The molecule has 2 rings (SSSR count). The number of allylic oxidation sites excluding steroid dienone is 5. The van der Waals surface area contributed by atoms with E-state index < -0.39 is 22.7 Å². The van der Waals surface area contributed by atoms with Gasteiger partial charge in [0.15, 0.2) is 0 Å². The SMILES string of the molecule is CC(C)=CCC/C(C)=C/C[C@@H](O)[C@@]1(C)O[C@@H]1CC[C@@]1(C)C(CCCO)/C(=C(/C)C=O)CC[C@]1(C)O. The van der Waals surface area contributed by atoms with Crippen molar-refractivity contribution < 1.29 is 24.9 Å². The van der Waals surface area contributed by atoms with Crippen molar-refractivity contribution in [3.63, 3.8) is 0 Å². The molecule has 2 fully saturated rings. The number of aliphatic hydroxyl groups is 3. The molecule has 0 aromatic carbocycles. The van der Waals surface area contributed by atoms with E-state index in [9.17, 15) is 20.1 Å². The topological polar surface area (TPSA) is 90.3 Å². The molecule has 1 saturated carbocycles. The zero-order valence-corrected chi connectivity index (χ0v) is 23.2. The van der Waals surface area contributed by atoms with Crippen LogP contribution in [-0.4, -0.2) is 51.6 Å². The van der Waals surface area contributed by atoms with Gasteiger partial charge in [-0.3, -0.25) is 4.79 Å². The number of carbonyl (C=O) groups is 1. The van der Waals surface area contributed by atoms with Gasteiger partial charge in [0.25, 0.3) is 0 Å². The monoisotopic (exact) mass is 490 g/mol. The first-order valence-electron chi connectivity index (χ1n) is 13.4. The molecule has 35 heavy (non-hydrogen) atoms. The molecule has 1 heterocycles. The Labute approximate surface area is 213 Å². The Bertz CT molecular complexity index is 819. The van der Waals surface area contributed by atoms with Gasteiger partial charge in [0.1, 0.15) is 11.9 Å². The van der Waals surface area contributed by atoms with Gasteiger partial charge < -0.3 is 20.1 Å². The Morgan fingerprint density at radius 3 is 2.43 bits per heavy atom. The third-order valence-corrected chi connectivity index (χ3v) is 8.98. The van der Waals surface area contributed by atoms with Gasteiger partial charge in [-0.1, -0.05) is 35.8 Å². The molecule has 5 heteroatoms. The zero-order chi connectivity index (χ0) is 26.4. The first-order valence-corrected chi connectivity index (χ1v) is 13.4. The predicted molar refractivity (Wildman–Crippen MR) is 142 cm³/mol. The zero-order valence-electron chi connectivity index (χ0n) is 23.2. The van der Waals surface area contributed by atoms with Crippen LogP contribution in [0.4, 0.5) is 0 Å². The highest BCUT2D eigenvalue weighted by molar-refractivity contribution is 5.74. The lowest BCUT2D eigenvalue weighted by Gasteiger charge is -2.53. The third kappa shape index (κ3) is 7.15. The van der Waals surface area contributed by atoms with Crippen LogP contribution in [0.3, 0.4) is 0 Å². The Kier molecular flexibility index (Phi) is 10.5. The average Bonchev–Trinajstić information content (AvgIpc) is 3.47. The minimum absolute atomic E-state index is 0.0323. The summed E-state index contributed by atoms with van der Waals surface area (Å²) in [6, 6.07) is 0. The fraction of sp³-hybridized carbons (Fsp3) is 0.767. The van der Waals surface area contributed by atoms with Gasteiger partial charge in [-0.2, -0.15) is 0 Å². The minimum atomic E-state index is -0.880. The first kappa shape index (κ1) is 30.0. The van der Waals surface area contributed by atoms with E-state index in [1.807, 2.05) is 20.8 Å². The van der Waals surface area contributed by atoms with E-state index >= 15 is 0 Å². The molecular formula is C30H50O5. The third-order valence-electron chi connectivity index (χ3n) is 8.98. The maximum Gasteiger partial charge on any atom is 0.145 e. The minimum Gasteiger partial charge on any atom is -0.396 e. The van der Waals surface area contributed by atoms with Crippen LogP contribution in [0.1, 0.15) is 106 Å². The number of carbonyl (C=O) groups excluding carboxylic acids is 1. The molecule has 1 aliphatic carbocycles. The summed E-state index contributed by atoms with van der Waals surface area (Å²) in [7, 11) is 0. The molecule has 0 aromatic heterocycles. The van der Waals surface area contributed by atoms with Crippen molar-refractivity contribution in [2.75, 3.05) is 6.61 Å². The summed E-state index contributed by atoms with van der Waals surface area (Å²) in [6.07, 6.45) is 11.4. The van der Waals surface area contributed by atoms with Crippen molar-refractivity contribution >= 4 is 6.29 Å². The largest absolute Gasteiger partial charge is 0.396 e. The van der Waals surface area contributed by atoms with E-state index in [0.29, 0.717) is 25.7 Å². The van der Waals surface area contributed by atoms with Gasteiger partial charge in [-0.05, 0) is 111 Å². The number of rotatable bonds is 13. The molecule has 1 saturated heterocycles. The quantitative estimate of drug-likeness (QED) is 0.131. The van der Waals surface area contributed by atoms with E-state index in [4.69, 9.17) is 4.74 Å². The second-order valence-electron chi connectivity index (χ2n) is 11.9. The van der Waals surface area contributed by atoms with Crippen LogP contribution < -0.4 is 0 Å². The van der Waals surface area contributed by atoms with Gasteiger partial charge in [0.05, 0.1) is 17.8 Å². The van der Waals surface area contributed by atoms with Crippen LogP contribution in [-0.2, 0) is 9.53 Å². The highest BCUT2D eigenvalue weighted by Gasteiger charge is 2.59. The number of aliphatic hydroxyl groups excluding tert-OH is 2. The Balaban J connectivity index is 2.07. The van der Waals surface area contributed by atoms with Crippen molar-refractivity contribution in [3.8, 4) is 0 Å². The van der Waals surface area contributed by atoms with E-state index in [0.717, 1.165) is 49.5 Å². The highest BCUT2D eigenvalue weighted by atomic mass is 16.6. The smallest absolute Gasteiger partial charge is 0.145 e. The van der Waals surface area contributed by atoms with Gasteiger partial charge >= 0.3 is 0 Å². The summed E-state index contributed by atoms with van der Waals surface area (Å²) in [5, 5.41) is 31.9. The number of hydrogen-bond donors (Lipinski definition) is 3. The molecule has 200 valence electrons. The number of aldehydes is 1. The van der Waals surface area contributed by atoms with Gasteiger partial charge in [0, 0.05) is 12.0 Å². The fourth-order valence-electron chi connectivity index (χ4n) is 5.96. The van der Waals surface area contributed by atoms with Crippen molar-refractivity contribution in [1.82, 2.24) is 0 Å². The molecule has 1 aliphatic heterocycles. The molecule has 0 amide bonds. The van der Waals surface area contributed by atoms with Crippen molar-refractivity contribution in [2.24, 2.45) is 11.3 Å². The number of epoxide rings is 1. The van der Waals surface area contributed by atoms with Gasteiger partial charge in [-0.15, -0.1) is 0 Å². The Morgan fingerprint density at radius 2 is 1.83 bits per heavy atom. The molecule has 5 nitrogen and oxygen atoms in total. The Morgan fingerprint density at radius 1 is 1.14 bits per heavy atom. The normalized spacial score (nSPS) is 35.4. The molecule has 0 spiro atoms. The highest BCUT2D eigenvalue weighted by Crippen LogP contribution is 2.56. The van der Waals surface area contributed by atoms with Crippen molar-refractivity contribution in [1.29, 1.82) is 0 Å². The van der Waals surface area contributed by atoms with Crippen LogP contribution in [0.2, 0.25) is 0 Å². The van der Waals surface area contributed by atoms with Crippen molar-refractivity contribution in [2.45, 2.75) is 130 Å². The fourth-order valence-corrected chi connectivity index (χ4v) is 5.96. The molecule has 0 aromatic rings. The van der Waals surface area contributed by atoms with E-state index in [1.54, 1.807) is 0 Å². The number of ether oxygens (including phenoxy) is 1. The maximum atomic E-state index is 11.6. The molecule has 2 aliphatic rings. The van der Waals surface area contributed by atoms with Gasteiger partial charge in [0.2, 0.25) is 0 Å². The second kappa shape index (κ2) is 12.3. The molecular weight excluding hydrogens is 440 g/mol. The summed E-state index contributed by atoms with van der Waals surface area (Å²) in [4.78, 5) is 11.6. The first-order chi connectivity index (χ1) is 16.3.